The summed E-state index contributed by atoms with van der Waals surface area (Å²) in [5.41, 5.74) is 0.482. The Morgan fingerprint density at radius 3 is 2.22 bits per heavy atom. The molecule has 3 saturated carbocycles. The van der Waals surface area contributed by atoms with E-state index in [9.17, 15) is 0 Å². The first-order chi connectivity index (χ1) is 8.54. The smallest absolute Gasteiger partial charge is 0.0103 e. The van der Waals surface area contributed by atoms with E-state index in [1.54, 1.807) is 0 Å². The maximum absolute atomic E-state index is 4.11. The molecule has 3 aliphatic rings. The van der Waals surface area contributed by atoms with Gasteiger partial charge >= 0.3 is 0 Å². The van der Waals surface area contributed by atoms with Crippen molar-refractivity contribution in [3.8, 4) is 0 Å². The fourth-order valence-electron chi connectivity index (χ4n) is 5.09. The molecule has 0 aromatic rings. The van der Waals surface area contributed by atoms with Gasteiger partial charge in [0, 0.05) is 12.1 Å². The fourth-order valence-corrected chi connectivity index (χ4v) is 5.09. The van der Waals surface area contributed by atoms with Gasteiger partial charge in [0.1, 0.15) is 0 Å². The van der Waals surface area contributed by atoms with Crippen molar-refractivity contribution in [3.05, 3.63) is 0 Å². The predicted molar refractivity (Wildman–Crippen MR) is 77.6 cm³/mol. The molecule has 104 valence electrons. The van der Waals surface area contributed by atoms with E-state index in [2.05, 4.69) is 26.1 Å². The Balaban J connectivity index is 1.63. The van der Waals surface area contributed by atoms with Crippen molar-refractivity contribution < 1.29 is 0 Å². The Morgan fingerprint density at radius 1 is 0.833 bits per heavy atom. The summed E-state index contributed by atoms with van der Waals surface area (Å²) in [4.78, 5) is 0. The van der Waals surface area contributed by atoms with Crippen LogP contribution in [0.1, 0.15) is 72.1 Å². The molecule has 1 N–H and O–H groups in total. The van der Waals surface area contributed by atoms with Gasteiger partial charge in [0.05, 0.1) is 0 Å². The number of rotatable bonds is 2. The molecule has 0 heterocycles. The van der Waals surface area contributed by atoms with Crippen molar-refractivity contribution in [1.82, 2.24) is 5.32 Å². The van der Waals surface area contributed by atoms with Crippen LogP contribution in [-0.2, 0) is 0 Å². The molecule has 3 aliphatic carbocycles. The molecule has 0 radical (unpaired) electrons. The van der Waals surface area contributed by atoms with E-state index in [0.29, 0.717) is 5.41 Å². The minimum Gasteiger partial charge on any atom is -0.311 e. The lowest BCUT2D eigenvalue weighted by Crippen LogP contribution is -2.49. The lowest BCUT2D eigenvalue weighted by Gasteiger charge is -2.43. The summed E-state index contributed by atoms with van der Waals surface area (Å²) in [5.74, 6) is 2.99. The first kappa shape index (κ1) is 13.0. The molecular weight excluding hydrogens is 218 g/mol. The van der Waals surface area contributed by atoms with Crippen molar-refractivity contribution in [1.29, 1.82) is 0 Å². The average molecular weight is 249 g/mol. The molecule has 0 saturated heterocycles. The Morgan fingerprint density at radius 2 is 1.61 bits per heavy atom. The van der Waals surface area contributed by atoms with E-state index in [0.717, 1.165) is 29.8 Å². The molecule has 0 aromatic heterocycles. The maximum atomic E-state index is 4.11. The summed E-state index contributed by atoms with van der Waals surface area (Å²) in [6.45, 7) is 7.33. The Hall–Kier alpha value is -0.0400. The lowest BCUT2D eigenvalue weighted by atomic mass is 9.69. The lowest BCUT2D eigenvalue weighted by molar-refractivity contribution is 0.115. The van der Waals surface area contributed by atoms with E-state index in [-0.39, 0.29) is 0 Å². The van der Waals surface area contributed by atoms with Gasteiger partial charge in [0.15, 0.2) is 0 Å². The van der Waals surface area contributed by atoms with Crippen LogP contribution in [0, 0.1) is 23.2 Å². The first-order valence-corrected chi connectivity index (χ1v) is 8.30. The molecule has 0 amide bonds. The molecule has 5 unspecified atom stereocenters. The number of hydrogen-bond acceptors (Lipinski definition) is 1. The van der Waals surface area contributed by atoms with Crippen LogP contribution >= 0.6 is 0 Å². The second-order valence-electron chi connectivity index (χ2n) is 8.31. The molecule has 1 heteroatoms. The number of hydrogen-bond donors (Lipinski definition) is 1. The zero-order chi connectivity index (χ0) is 12.8. The van der Waals surface area contributed by atoms with Crippen molar-refractivity contribution >= 4 is 0 Å². The molecule has 2 bridgehead atoms. The second kappa shape index (κ2) is 4.81. The van der Waals surface area contributed by atoms with Crippen molar-refractivity contribution in [3.63, 3.8) is 0 Å². The van der Waals surface area contributed by atoms with Crippen LogP contribution in [0.5, 0.6) is 0 Å². The highest BCUT2D eigenvalue weighted by molar-refractivity contribution is 4.98. The molecule has 18 heavy (non-hydrogen) atoms. The minimum absolute atomic E-state index is 0.482. The van der Waals surface area contributed by atoms with E-state index < -0.39 is 0 Å². The van der Waals surface area contributed by atoms with Crippen molar-refractivity contribution in [2.45, 2.75) is 84.2 Å². The van der Waals surface area contributed by atoms with Crippen molar-refractivity contribution in [2.75, 3.05) is 0 Å². The Bertz CT molecular complexity index is 290. The average Bonchev–Trinajstić information content (AvgIpc) is 2.90. The van der Waals surface area contributed by atoms with Gasteiger partial charge in [-0.25, -0.2) is 0 Å². The van der Waals surface area contributed by atoms with Crippen LogP contribution in [0.25, 0.3) is 0 Å². The summed E-state index contributed by atoms with van der Waals surface area (Å²) >= 11 is 0. The Kier molecular flexibility index (Phi) is 3.47. The summed E-state index contributed by atoms with van der Waals surface area (Å²) in [5, 5.41) is 4.11. The second-order valence-corrected chi connectivity index (χ2v) is 8.31. The highest BCUT2D eigenvalue weighted by atomic mass is 15.0. The standard InChI is InChI=1S/C17H31N/c1-17(2,3)14-6-4-5-7-15(14)18-16-11-12-8-9-13(16)10-12/h12-16,18H,4-11H2,1-3H3. The monoisotopic (exact) mass is 249 g/mol. The Labute approximate surface area is 113 Å². The van der Waals surface area contributed by atoms with E-state index in [4.69, 9.17) is 0 Å². The quantitative estimate of drug-likeness (QED) is 0.766. The first-order valence-electron chi connectivity index (χ1n) is 8.30. The van der Waals surface area contributed by atoms with E-state index >= 15 is 0 Å². The topological polar surface area (TPSA) is 12.0 Å². The molecule has 0 aromatic carbocycles. The minimum atomic E-state index is 0.482. The largest absolute Gasteiger partial charge is 0.311 e. The highest BCUT2D eigenvalue weighted by Crippen LogP contribution is 2.46. The number of fused-ring (bicyclic) bond motifs is 2. The predicted octanol–water partition coefficient (Wildman–Crippen LogP) is 4.37. The summed E-state index contributed by atoms with van der Waals surface area (Å²) in [7, 11) is 0. The summed E-state index contributed by atoms with van der Waals surface area (Å²) in [6.07, 6.45) is 11.8. The zero-order valence-corrected chi connectivity index (χ0v) is 12.5. The molecule has 0 spiro atoms. The van der Waals surface area contributed by atoms with Gasteiger partial charge in [0.25, 0.3) is 0 Å². The third-order valence-corrected chi connectivity index (χ3v) is 6.04. The molecule has 0 aliphatic heterocycles. The number of nitrogens with one attached hydrogen (secondary N) is 1. The van der Waals surface area contributed by atoms with Gasteiger partial charge < -0.3 is 5.32 Å². The molecule has 1 nitrogen and oxygen atoms in total. The molecule has 3 rings (SSSR count). The third-order valence-electron chi connectivity index (χ3n) is 6.04. The van der Waals surface area contributed by atoms with Gasteiger partial charge in [-0.15, -0.1) is 0 Å². The van der Waals surface area contributed by atoms with Gasteiger partial charge in [-0.3, -0.25) is 0 Å². The molecule has 3 fully saturated rings. The normalized spacial score (nSPS) is 44.5. The van der Waals surface area contributed by atoms with Crippen LogP contribution in [0.2, 0.25) is 0 Å². The maximum Gasteiger partial charge on any atom is 0.0103 e. The molecule has 5 atom stereocenters. The van der Waals surface area contributed by atoms with Gasteiger partial charge in [-0.1, -0.05) is 40.0 Å². The van der Waals surface area contributed by atoms with Crippen molar-refractivity contribution in [2.24, 2.45) is 23.2 Å². The van der Waals surface area contributed by atoms with Crippen LogP contribution in [-0.4, -0.2) is 12.1 Å². The van der Waals surface area contributed by atoms with Gasteiger partial charge in [-0.05, 0) is 55.3 Å². The van der Waals surface area contributed by atoms with Crippen LogP contribution < -0.4 is 5.32 Å². The van der Waals surface area contributed by atoms with Crippen LogP contribution in [0.3, 0.4) is 0 Å². The summed E-state index contributed by atoms with van der Waals surface area (Å²) < 4.78 is 0. The highest BCUT2D eigenvalue weighted by Gasteiger charge is 2.42. The molecular formula is C17H31N. The van der Waals surface area contributed by atoms with Gasteiger partial charge in [-0.2, -0.15) is 0 Å². The van der Waals surface area contributed by atoms with E-state index in [1.807, 2.05) is 0 Å². The summed E-state index contributed by atoms with van der Waals surface area (Å²) in [6, 6.07) is 1.68. The fraction of sp³-hybridized carbons (Fsp3) is 1.00. The third kappa shape index (κ3) is 2.48. The SMILES string of the molecule is CC(C)(C)C1CCCCC1NC1CC2CCC1C2. The van der Waals surface area contributed by atoms with Gasteiger partial charge in [0.2, 0.25) is 0 Å². The van der Waals surface area contributed by atoms with Crippen LogP contribution in [0.15, 0.2) is 0 Å². The zero-order valence-electron chi connectivity index (χ0n) is 12.5. The van der Waals surface area contributed by atoms with E-state index in [1.165, 1.54) is 51.4 Å². The van der Waals surface area contributed by atoms with Crippen LogP contribution in [0.4, 0.5) is 0 Å².